The van der Waals surface area contributed by atoms with Crippen LogP contribution in [0, 0.1) is 11.8 Å². The maximum absolute atomic E-state index is 13.3. The van der Waals surface area contributed by atoms with Gasteiger partial charge >= 0.3 is 6.09 Å². The third kappa shape index (κ3) is 4.24. The van der Waals surface area contributed by atoms with Gasteiger partial charge in [0.25, 0.3) is 0 Å². The van der Waals surface area contributed by atoms with E-state index in [1.165, 1.54) is 4.90 Å². The summed E-state index contributed by atoms with van der Waals surface area (Å²) in [5, 5.41) is 0. The van der Waals surface area contributed by atoms with Gasteiger partial charge in [0.1, 0.15) is 5.75 Å². The molecule has 1 spiro atoms. The smallest absolute Gasteiger partial charge is 0.410 e. The van der Waals surface area contributed by atoms with Gasteiger partial charge in [-0.1, -0.05) is 25.1 Å². The molecule has 3 fully saturated rings. The van der Waals surface area contributed by atoms with E-state index in [4.69, 9.17) is 14.2 Å². The summed E-state index contributed by atoms with van der Waals surface area (Å²) in [6.45, 7) is 7.09. The molecule has 7 heteroatoms. The zero-order valence-corrected chi connectivity index (χ0v) is 17.9. The molecule has 1 aliphatic carbocycles. The van der Waals surface area contributed by atoms with Gasteiger partial charge in [-0.05, 0) is 44.4 Å². The lowest BCUT2D eigenvalue weighted by atomic mass is 9.72. The molecule has 2 heterocycles. The molecule has 2 aliphatic heterocycles. The molecule has 1 aromatic rings. The molecule has 3 aliphatic rings. The van der Waals surface area contributed by atoms with Crippen molar-refractivity contribution in [3.05, 3.63) is 30.3 Å². The number of imide groups is 1. The van der Waals surface area contributed by atoms with Gasteiger partial charge in [-0.3, -0.25) is 9.69 Å². The number of amides is 2. The Bertz CT molecular complexity index is 749. The van der Waals surface area contributed by atoms with E-state index in [9.17, 15) is 9.59 Å². The van der Waals surface area contributed by atoms with Crippen LogP contribution in [0.3, 0.4) is 0 Å². The van der Waals surface area contributed by atoms with Crippen LogP contribution in [0.25, 0.3) is 0 Å². The number of fused-ring (bicyclic) bond motifs is 1. The van der Waals surface area contributed by atoms with Crippen LogP contribution in [0.1, 0.15) is 39.5 Å². The third-order valence-electron chi connectivity index (χ3n) is 6.77. The summed E-state index contributed by atoms with van der Waals surface area (Å²) in [6.07, 6.45) is 2.89. The van der Waals surface area contributed by atoms with Crippen molar-refractivity contribution in [2.75, 3.05) is 32.8 Å². The molecule has 30 heavy (non-hydrogen) atoms. The number of ether oxygens (including phenoxy) is 3. The Kier molecular flexibility index (Phi) is 6.41. The fourth-order valence-electron chi connectivity index (χ4n) is 5.36. The maximum Gasteiger partial charge on any atom is 0.421 e. The van der Waals surface area contributed by atoms with Gasteiger partial charge in [-0.15, -0.1) is 0 Å². The topological polar surface area (TPSA) is 68.3 Å². The highest BCUT2D eigenvalue weighted by Crippen LogP contribution is 2.45. The van der Waals surface area contributed by atoms with E-state index in [0.717, 1.165) is 32.2 Å². The lowest BCUT2D eigenvalue weighted by Crippen LogP contribution is -2.57. The van der Waals surface area contributed by atoms with Crippen LogP contribution < -0.4 is 4.74 Å². The second-order valence-corrected chi connectivity index (χ2v) is 8.46. The first-order valence-corrected chi connectivity index (χ1v) is 11.2. The number of rotatable bonds is 4. The average molecular weight is 417 g/mol. The summed E-state index contributed by atoms with van der Waals surface area (Å²) in [4.78, 5) is 29.7. The maximum atomic E-state index is 13.3. The van der Waals surface area contributed by atoms with Crippen molar-refractivity contribution in [1.29, 1.82) is 0 Å². The monoisotopic (exact) mass is 416 g/mol. The van der Waals surface area contributed by atoms with E-state index >= 15 is 0 Å². The van der Waals surface area contributed by atoms with Crippen molar-refractivity contribution < 1.29 is 23.8 Å². The molecule has 3 atom stereocenters. The molecule has 0 radical (unpaired) electrons. The van der Waals surface area contributed by atoms with Crippen molar-refractivity contribution in [2.24, 2.45) is 11.8 Å². The highest BCUT2D eigenvalue weighted by molar-refractivity contribution is 5.94. The van der Waals surface area contributed by atoms with Gasteiger partial charge in [-0.25, -0.2) is 9.69 Å². The Labute approximate surface area is 178 Å². The predicted molar refractivity (Wildman–Crippen MR) is 111 cm³/mol. The fourth-order valence-corrected chi connectivity index (χ4v) is 5.36. The van der Waals surface area contributed by atoms with E-state index in [0.29, 0.717) is 37.5 Å². The van der Waals surface area contributed by atoms with E-state index in [1.807, 2.05) is 13.0 Å². The van der Waals surface area contributed by atoms with Gasteiger partial charge in [0, 0.05) is 32.0 Å². The lowest BCUT2D eigenvalue weighted by molar-refractivity contribution is -0.203. The first-order valence-electron chi connectivity index (χ1n) is 11.2. The molecule has 0 unspecified atom stereocenters. The van der Waals surface area contributed by atoms with E-state index in [2.05, 4.69) is 11.8 Å². The number of carbonyl (C=O) groups is 2. The average Bonchev–Trinajstić information content (AvgIpc) is 3.21. The minimum atomic E-state index is -0.610. The number of benzene rings is 1. The minimum Gasteiger partial charge on any atom is -0.410 e. The van der Waals surface area contributed by atoms with Crippen LogP contribution in [0.5, 0.6) is 5.75 Å². The lowest BCUT2D eigenvalue weighted by Gasteiger charge is -2.50. The molecule has 1 aromatic carbocycles. The summed E-state index contributed by atoms with van der Waals surface area (Å²) in [5.41, 5.74) is 0. The predicted octanol–water partition coefficient (Wildman–Crippen LogP) is 3.29. The van der Waals surface area contributed by atoms with Crippen molar-refractivity contribution in [2.45, 2.75) is 51.4 Å². The van der Waals surface area contributed by atoms with Gasteiger partial charge in [0.2, 0.25) is 5.91 Å². The Morgan fingerprint density at radius 1 is 1.20 bits per heavy atom. The van der Waals surface area contributed by atoms with Crippen LogP contribution in [0.4, 0.5) is 4.79 Å². The highest BCUT2D eigenvalue weighted by atomic mass is 16.7. The van der Waals surface area contributed by atoms with E-state index < -0.39 is 11.9 Å². The molecule has 7 nitrogen and oxygen atoms in total. The van der Waals surface area contributed by atoms with Crippen LogP contribution in [0.15, 0.2) is 30.3 Å². The number of para-hydroxylation sites is 1. The van der Waals surface area contributed by atoms with Crippen molar-refractivity contribution in [1.82, 2.24) is 9.80 Å². The second-order valence-electron chi connectivity index (χ2n) is 8.46. The zero-order chi connectivity index (χ0) is 21.1. The quantitative estimate of drug-likeness (QED) is 0.750. The van der Waals surface area contributed by atoms with Crippen LogP contribution in [0.2, 0.25) is 0 Å². The van der Waals surface area contributed by atoms with E-state index in [-0.39, 0.29) is 18.4 Å². The standard InChI is InChI=1S/C23H32N2O5/c1-3-24-16-18(14-17-15-23(11-10-20(17)24)28-12-13-29-23)21(26)25(4-2)22(27)30-19-8-6-5-7-9-19/h5-9,17-18,20H,3-4,10-16H2,1-2H3/t17-,18-,20-/m1/s1. The second kappa shape index (κ2) is 9.04. The molecular weight excluding hydrogens is 384 g/mol. The number of carbonyl (C=O) groups excluding carboxylic acids is 2. The molecule has 0 bridgehead atoms. The van der Waals surface area contributed by atoms with Crippen molar-refractivity contribution >= 4 is 12.0 Å². The Morgan fingerprint density at radius 2 is 1.93 bits per heavy atom. The summed E-state index contributed by atoms with van der Waals surface area (Å²) >= 11 is 0. The number of hydrogen-bond acceptors (Lipinski definition) is 6. The van der Waals surface area contributed by atoms with Crippen LogP contribution >= 0.6 is 0 Å². The van der Waals surface area contributed by atoms with Crippen molar-refractivity contribution in [3.63, 3.8) is 0 Å². The number of piperidine rings is 1. The molecule has 164 valence electrons. The Hall–Kier alpha value is -1.96. The molecular formula is C23H32N2O5. The Balaban J connectivity index is 1.46. The SMILES string of the molecule is CCN(C(=O)Oc1ccccc1)C(=O)[C@@H]1C[C@@H]2CC3(CC[C@H]2N(CC)C1)OCCO3. The van der Waals surface area contributed by atoms with Gasteiger partial charge < -0.3 is 14.2 Å². The zero-order valence-electron chi connectivity index (χ0n) is 17.9. The first-order chi connectivity index (χ1) is 14.5. The van der Waals surface area contributed by atoms with Crippen molar-refractivity contribution in [3.8, 4) is 5.75 Å². The number of nitrogens with zero attached hydrogens (tertiary/aromatic N) is 2. The van der Waals surface area contributed by atoms with Crippen LogP contribution in [-0.4, -0.2) is 66.5 Å². The first kappa shape index (κ1) is 21.3. The van der Waals surface area contributed by atoms with Gasteiger partial charge in [-0.2, -0.15) is 0 Å². The number of hydrogen-bond donors (Lipinski definition) is 0. The molecule has 0 N–H and O–H groups in total. The Morgan fingerprint density at radius 3 is 2.60 bits per heavy atom. The van der Waals surface area contributed by atoms with Crippen LogP contribution in [-0.2, 0) is 14.3 Å². The normalized spacial score (nSPS) is 28.1. The van der Waals surface area contributed by atoms with Gasteiger partial charge in [0.15, 0.2) is 5.79 Å². The summed E-state index contributed by atoms with van der Waals surface area (Å²) < 4.78 is 17.3. The molecule has 0 aromatic heterocycles. The number of likely N-dealkylation sites (tertiary alicyclic amines) is 1. The molecule has 1 saturated carbocycles. The molecule has 2 amide bonds. The highest BCUT2D eigenvalue weighted by Gasteiger charge is 2.50. The molecule has 2 saturated heterocycles. The molecule has 4 rings (SSSR count). The minimum absolute atomic E-state index is 0.150. The fraction of sp³-hybridized carbons (Fsp3) is 0.652. The largest absolute Gasteiger partial charge is 0.421 e. The summed E-state index contributed by atoms with van der Waals surface area (Å²) in [6, 6.07) is 9.32. The summed E-state index contributed by atoms with van der Waals surface area (Å²) in [7, 11) is 0. The van der Waals surface area contributed by atoms with Gasteiger partial charge in [0.05, 0.1) is 19.1 Å². The van der Waals surface area contributed by atoms with E-state index in [1.54, 1.807) is 24.3 Å². The summed E-state index contributed by atoms with van der Waals surface area (Å²) in [5.74, 6) is -0.0858. The third-order valence-corrected chi connectivity index (χ3v) is 6.77.